The Bertz CT molecular complexity index is 1050. The van der Waals surface area contributed by atoms with Crippen molar-refractivity contribution in [3.05, 3.63) is 69.8 Å². The van der Waals surface area contributed by atoms with Crippen LogP contribution in [0.25, 0.3) is 0 Å². The summed E-state index contributed by atoms with van der Waals surface area (Å²) in [4.78, 5) is 24.0. The zero-order valence-electron chi connectivity index (χ0n) is 22.6. The number of aryl methyl sites for hydroxylation is 4. The van der Waals surface area contributed by atoms with Crippen molar-refractivity contribution in [1.29, 1.82) is 0 Å². The molecule has 6 heteroatoms. The van der Waals surface area contributed by atoms with Gasteiger partial charge in [0.2, 0.25) is 11.8 Å². The molecule has 0 saturated carbocycles. The molecule has 0 aromatic heterocycles. The fraction of sp³-hybridized carbons (Fsp3) is 0.500. The number of carbonyl (C=O) groups excluding carboxylic acids is 2. The van der Waals surface area contributed by atoms with Gasteiger partial charge in [0.15, 0.2) is 0 Å². The quantitative estimate of drug-likeness (QED) is 0.169. The number of amides is 2. The average Bonchev–Trinajstić information content (AvgIpc) is 3.58. The minimum absolute atomic E-state index is 0.0164. The lowest BCUT2D eigenvalue weighted by Gasteiger charge is -2.03. The van der Waals surface area contributed by atoms with Gasteiger partial charge in [0.1, 0.15) is 0 Å². The van der Waals surface area contributed by atoms with Crippen LogP contribution in [0, 0.1) is 0 Å². The van der Waals surface area contributed by atoms with E-state index in [-0.39, 0.29) is 11.8 Å². The number of hydrogen-bond acceptors (Lipinski definition) is 4. The molecule has 0 radical (unpaired) electrons. The Morgan fingerprint density at radius 1 is 0.579 bits per heavy atom. The SMILES string of the molecule is O=C(CCCCCCCCCCC(=O)N/N=C\c1ccc2c(c1)CCC2)N/N=C\c1ccc2c(c1)CCC2. The molecule has 0 heterocycles. The number of carbonyl (C=O) groups is 2. The number of rotatable bonds is 15. The number of benzene rings is 2. The van der Waals surface area contributed by atoms with Crippen molar-refractivity contribution in [3.63, 3.8) is 0 Å². The molecule has 0 atom stereocenters. The minimum atomic E-state index is -0.0164. The van der Waals surface area contributed by atoms with Gasteiger partial charge in [0.05, 0.1) is 12.4 Å². The van der Waals surface area contributed by atoms with Gasteiger partial charge in [-0.15, -0.1) is 0 Å². The van der Waals surface area contributed by atoms with E-state index in [9.17, 15) is 9.59 Å². The number of nitrogens with one attached hydrogen (secondary N) is 2. The summed E-state index contributed by atoms with van der Waals surface area (Å²) in [6, 6.07) is 12.8. The van der Waals surface area contributed by atoms with E-state index in [2.05, 4.69) is 57.5 Å². The second kappa shape index (κ2) is 15.2. The molecule has 0 fully saturated rings. The third-order valence-corrected chi connectivity index (χ3v) is 7.61. The highest BCUT2D eigenvalue weighted by Crippen LogP contribution is 2.23. The van der Waals surface area contributed by atoms with Crippen LogP contribution in [-0.4, -0.2) is 24.2 Å². The molecule has 2 aromatic rings. The van der Waals surface area contributed by atoms with Gasteiger partial charge in [-0.3, -0.25) is 9.59 Å². The predicted octanol–water partition coefficient (Wildman–Crippen LogP) is 6.17. The first-order valence-corrected chi connectivity index (χ1v) is 14.5. The summed E-state index contributed by atoms with van der Waals surface area (Å²) in [7, 11) is 0. The summed E-state index contributed by atoms with van der Waals surface area (Å²) < 4.78 is 0. The molecular formula is C32H42N4O2. The number of fused-ring (bicyclic) bond motifs is 2. The second-order valence-corrected chi connectivity index (χ2v) is 10.7. The Kier molecular flexibility index (Phi) is 11.1. The lowest BCUT2D eigenvalue weighted by molar-refractivity contribution is -0.122. The Morgan fingerprint density at radius 3 is 1.42 bits per heavy atom. The van der Waals surface area contributed by atoms with E-state index < -0.39 is 0 Å². The molecule has 0 unspecified atom stereocenters. The molecule has 38 heavy (non-hydrogen) atoms. The van der Waals surface area contributed by atoms with Crippen molar-refractivity contribution in [3.8, 4) is 0 Å². The van der Waals surface area contributed by atoms with Crippen LogP contribution in [0.3, 0.4) is 0 Å². The monoisotopic (exact) mass is 514 g/mol. The molecule has 4 rings (SSSR count). The first-order chi connectivity index (χ1) is 18.7. The van der Waals surface area contributed by atoms with Gasteiger partial charge < -0.3 is 0 Å². The summed E-state index contributed by atoms with van der Waals surface area (Å²) in [5.41, 5.74) is 13.1. The molecule has 0 aliphatic heterocycles. The highest BCUT2D eigenvalue weighted by molar-refractivity contribution is 5.83. The van der Waals surface area contributed by atoms with Gasteiger partial charge >= 0.3 is 0 Å². The summed E-state index contributed by atoms with van der Waals surface area (Å²) in [5.74, 6) is -0.0328. The third-order valence-electron chi connectivity index (χ3n) is 7.61. The summed E-state index contributed by atoms with van der Waals surface area (Å²) >= 11 is 0. The fourth-order valence-corrected chi connectivity index (χ4v) is 5.45. The first-order valence-electron chi connectivity index (χ1n) is 14.5. The standard InChI is InChI=1S/C32H42N4O2/c37-31(35-33-23-25-17-19-27-11-9-13-29(27)21-25)15-7-5-3-1-2-4-6-8-16-32(38)36-34-24-26-18-20-28-12-10-14-30(28)22-26/h17-24H,1-16H2,(H,35,37)(H,36,38)/b33-23-,34-24-. The molecule has 0 spiro atoms. The fourth-order valence-electron chi connectivity index (χ4n) is 5.45. The van der Waals surface area contributed by atoms with Crippen LogP contribution in [0.15, 0.2) is 46.6 Å². The van der Waals surface area contributed by atoms with Gasteiger partial charge in [-0.05, 0) is 96.9 Å². The lowest BCUT2D eigenvalue weighted by atomic mass is 10.1. The molecule has 2 N–H and O–H groups in total. The van der Waals surface area contributed by atoms with Crippen molar-refractivity contribution in [2.24, 2.45) is 10.2 Å². The molecule has 0 bridgehead atoms. The predicted molar refractivity (Wildman–Crippen MR) is 155 cm³/mol. The molecule has 6 nitrogen and oxygen atoms in total. The van der Waals surface area contributed by atoms with Gasteiger partial charge in [0, 0.05) is 12.8 Å². The average molecular weight is 515 g/mol. The second-order valence-electron chi connectivity index (χ2n) is 10.7. The Morgan fingerprint density at radius 2 is 0.974 bits per heavy atom. The first kappa shape index (κ1) is 27.7. The van der Waals surface area contributed by atoms with Crippen LogP contribution >= 0.6 is 0 Å². The number of hydrogen-bond donors (Lipinski definition) is 2. The normalized spacial score (nSPS) is 14.2. The smallest absolute Gasteiger partial charge is 0.240 e. The van der Waals surface area contributed by atoms with Crippen LogP contribution in [0.4, 0.5) is 0 Å². The van der Waals surface area contributed by atoms with E-state index in [0.717, 1.165) is 62.5 Å². The van der Waals surface area contributed by atoms with Crippen LogP contribution in [0.5, 0.6) is 0 Å². The van der Waals surface area contributed by atoms with Gasteiger partial charge in [-0.1, -0.05) is 62.8 Å². The van der Waals surface area contributed by atoms with Crippen LogP contribution in [0.1, 0.15) is 110 Å². The molecular weight excluding hydrogens is 472 g/mol. The van der Waals surface area contributed by atoms with Crippen molar-refractivity contribution in [2.45, 2.75) is 103 Å². The van der Waals surface area contributed by atoms with E-state index in [1.165, 1.54) is 60.8 Å². The maximum atomic E-state index is 12.0. The van der Waals surface area contributed by atoms with E-state index in [1.807, 2.05) is 0 Å². The molecule has 2 aromatic carbocycles. The van der Waals surface area contributed by atoms with E-state index in [4.69, 9.17) is 0 Å². The van der Waals surface area contributed by atoms with Crippen LogP contribution in [0.2, 0.25) is 0 Å². The van der Waals surface area contributed by atoms with Crippen molar-refractivity contribution < 1.29 is 9.59 Å². The topological polar surface area (TPSA) is 82.9 Å². The summed E-state index contributed by atoms with van der Waals surface area (Å²) in [6.45, 7) is 0. The number of hydrazone groups is 2. The van der Waals surface area contributed by atoms with Gasteiger partial charge in [0.25, 0.3) is 0 Å². The van der Waals surface area contributed by atoms with E-state index in [1.54, 1.807) is 12.4 Å². The maximum Gasteiger partial charge on any atom is 0.240 e. The zero-order valence-corrected chi connectivity index (χ0v) is 22.6. The van der Waals surface area contributed by atoms with Crippen molar-refractivity contribution >= 4 is 24.2 Å². The highest BCUT2D eigenvalue weighted by atomic mass is 16.2. The van der Waals surface area contributed by atoms with Gasteiger partial charge in [-0.2, -0.15) is 10.2 Å². The van der Waals surface area contributed by atoms with Crippen LogP contribution < -0.4 is 10.9 Å². The molecule has 2 amide bonds. The summed E-state index contributed by atoms with van der Waals surface area (Å²) in [6.07, 6.45) is 20.2. The Balaban J connectivity index is 0.945. The lowest BCUT2D eigenvalue weighted by Crippen LogP contribution is -2.17. The van der Waals surface area contributed by atoms with Crippen molar-refractivity contribution in [2.75, 3.05) is 0 Å². The van der Waals surface area contributed by atoms with E-state index >= 15 is 0 Å². The van der Waals surface area contributed by atoms with Gasteiger partial charge in [-0.25, -0.2) is 10.9 Å². The molecule has 202 valence electrons. The summed E-state index contributed by atoms with van der Waals surface area (Å²) in [5, 5.41) is 8.23. The largest absolute Gasteiger partial charge is 0.273 e. The molecule has 2 aliphatic rings. The molecule has 0 saturated heterocycles. The third kappa shape index (κ3) is 9.23. The molecule has 2 aliphatic carbocycles. The van der Waals surface area contributed by atoms with E-state index in [0.29, 0.717) is 12.8 Å². The zero-order chi connectivity index (χ0) is 26.4. The Labute approximate surface area is 227 Å². The minimum Gasteiger partial charge on any atom is -0.273 e. The van der Waals surface area contributed by atoms with Crippen LogP contribution in [-0.2, 0) is 35.3 Å². The van der Waals surface area contributed by atoms with Crippen molar-refractivity contribution in [1.82, 2.24) is 10.9 Å². The number of nitrogens with zero attached hydrogens (tertiary/aromatic N) is 2. The maximum absolute atomic E-state index is 12.0. The highest BCUT2D eigenvalue weighted by Gasteiger charge is 2.11. The Hall–Kier alpha value is -3.28. The number of unbranched alkanes of at least 4 members (excludes halogenated alkanes) is 7.